The second kappa shape index (κ2) is 4.09. The Hall–Kier alpha value is -0.450. The van der Waals surface area contributed by atoms with Crippen LogP contribution in [0.25, 0.3) is 0 Å². The van der Waals surface area contributed by atoms with Crippen LogP contribution in [0.15, 0.2) is 0 Å². The van der Waals surface area contributed by atoms with Crippen molar-refractivity contribution in [2.45, 2.75) is 50.4 Å². The summed E-state index contributed by atoms with van der Waals surface area (Å²) in [5.74, 6) is -0.0870. The van der Waals surface area contributed by atoms with Gasteiger partial charge >= 0.3 is 0 Å². The minimum absolute atomic E-state index is 0.0129. The highest BCUT2D eigenvalue weighted by Crippen LogP contribution is 2.53. The molecule has 0 aromatic rings. The molecule has 4 heteroatoms. The van der Waals surface area contributed by atoms with Crippen molar-refractivity contribution < 1.29 is 20.1 Å². The Balaban J connectivity index is 2.21. The Morgan fingerprint density at radius 1 is 1.25 bits per heavy atom. The van der Waals surface area contributed by atoms with E-state index < -0.39 is 17.8 Å². The van der Waals surface area contributed by atoms with Crippen molar-refractivity contribution in [3.63, 3.8) is 0 Å². The van der Waals surface area contributed by atoms with E-state index in [1.807, 2.05) is 0 Å². The number of aliphatic hydroxyl groups excluding tert-OH is 2. The summed E-state index contributed by atoms with van der Waals surface area (Å²) in [5, 5.41) is 30.0. The molecule has 3 N–H and O–H groups in total. The molecule has 0 aliphatic heterocycles. The molecule has 0 unspecified atom stereocenters. The van der Waals surface area contributed by atoms with E-state index in [1.54, 1.807) is 0 Å². The van der Waals surface area contributed by atoms with Crippen LogP contribution in [0.3, 0.4) is 0 Å². The van der Waals surface area contributed by atoms with Crippen LogP contribution >= 0.6 is 0 Å². The lowest BCUT2D eigenvalue weighted by Crippen LogP contribution is -2.57. The summed E-state index contributed by atoms with van der Waals surface area (Å²) in [7, 11) is 0. The molecule has 0 aromatic heterocycles. The van der Waals surface area contributed by atoms with Crippen molar-refractivity contribution in [3.05, 3.63) is 0 Å². The number of carbonyl (C=O) groups excluding carboxylic acids is 1. The number of rotatable bonds is 3. The Morgan fingerprint density at radius 3 is 2.12 bits per heavy atom. The average molecular weight is 228 g/mol. The van der Waals surface area contributed by atoms with Crippen molar-refractivity contribution in [2.24, 2.45) is 17.8 Å². The fourth-order valence-electron chi connectivity index (χ4n) is 3.62. The number of hydrogen-bond donors (Lipinski definition) is 3. The van der Waals surface area contributed by atoms with Crippen molar-refractivity contribution in [2.75, 3.05) is 0 Å². The summed E-state index contributed by atoms with van der Waals surface area (Å²) in [4.78, 5) is 10.8. The summed E-state index contributed by atoms with van der Waals surface area (Å²) >= 11 is 0. The summed E-state index contributed by atoms with van der Waals surface area (Å²) < 4.78 is 0. The Bertz CT molecular complexity index is 262. The van der Waals surface area contributed by atoms with Crippen molar-refractivity contribution in [1.82, 2.24) is 0 Å². The number of carbonyl (C=O) groups is 1. The third kappa shape index (κ3) is 1.60. The van der Waals surface area contributed by atoms with E-state index in [1.165, 1.54) is 6.92 Å². The first-order chi connectivity index (χ1) is 7.50. The number of hydrogen-bond acceptors (Lipinski definition) is 4. The zero-order valence-corrected chi connectivity index (χ0v) is 9.54. The van der Waals surface area contributed by atoms with Gasteiger partial charge < -0.3 is 20.1 Å². The highest BCUT2D eigenvalue weighted by atomic mass is 16.4. The van der Waals surface area contributed by atoms with Crippen molar-refractivity contribution >= 4 is 6.29 Å². The lowest BCUT2D eigenvalue weighted by Gasteiger charge is -2.45. The Labute approximate surface area is 95.3 Å². The fraction of sp³-hybridized carbons (Fsp3) is 0.917. The van der Waals surface area contributed by atoms with E-state index in [9.17, 15) is 20.1 Å². The molecule has 2 aliphatic rings. The third-order valence-corrected chi connectivity index (χ3v) is 4.47. The van der Waals surface area contributed by atoms with Gasteiger partial charge in [-0.05, 0) is 44.4 Å². The van der Waals surface area contributed by atoms with Gasteiger partial charge in [0.15, 0.2) is 0 Å². The first kappa shape index (κ1) is 12.0. The third-order valence-electron chi connectivity index (χ3n) is 4.47. The quantitative estimate of drug-likeness (QED) is 0.598. The van der Waals surface area contributed by atoms with Gasteiger partial charge in [0, 0.05) is 5.92 Å². The molecule has 0 saturated heterocycles. The molecule has 92 valence electrons. The van der Waals surface area contributed by atoms with Gasteiger partial charge in [-0.15, -0.1) is 0 Å². The molecule has 2 bridgehead atoms. The fourth-order valence-corrected chi connectivity index (χ4v) is 3.62. The van der Waals surface area contributed by atoms with E-state index in [-0.39, 0.29) is 17.8 Å². The predicted octanol–water partition coefficient (Wildman–Crippen LogP) is 0.0943. The van der Waals surface area contributed by atoms with Crippen LogP contribution in [-0.2, 0) is 4.79 Å². The largest absolute Gasteiger partial charge is 0.391 e. The molecular formula is C12H20O4. The van der Waals surface area contributed by atoms with E-state index >= 15 is 0 Å². The summed E-state index contributed by atoms with van der Waals surface area (Å²) in [6.45, 7) is 1.49. The van der Waals surface area contributed by atoms with Crippen molar-refractivity contribution in [3.8, 4) is 0 Å². The zero-order chi connectivity index (χ0) is 11.9. The van der Waals surface area contributed by atoms with Gasteiger partial charge in [0.1, 0.15) is 12.4 Å². The minimum atomic E-state index is -1.19. The van der Waals surface area contributed by atoms with Gasteiger partial charge in [-0.1, -0.05) is 0 Å². The maximum absolute atomic E-state index is 10.8. The highest BCUT2D eigenvalue weighted by Gasteiger charge is 2.57. The SMILES string of the molecule is C[C@@H](O)[C@H](O)[C@@]1(O)[C@@H]2CC[C@H]1C[C@H](C=O)C2. The Morgan fingerprint density at radius 2 is 1.75 bits per heavy atom. The van der Waals surface area contributed by atoms with Crippen LogP contribution in [0.1, 0.15) is 32.6 Å². The molecule has 6 atom stereocenters. The van der Waals surface area contributed by atoms with Gasteiger partial charge in [0.2, 0.25) is 0 Å². The predicted molar refractivity (Wildman–Crippen MR) is 57.6 cm³/mol. The summed E-state index contributed by atoms with van der Waals surface area (Å²) in [6.07, 6.45) is 1.89. The van der Waals surface area contributed by atoms with Crippen LogP contribution < -0.4 is 0 Å². The molecule has 2 aliphatic carbocycles. The van der Waals surface area contributed by atoms with E-state index in [0.29, 0.717) is 12.8 Å². The van der Waals surface area contributed by atoms with Crippen molar-refractivity contribution in [1.29, 1.82) is 0 Å². The zero-order valence-electron chi connectivity index (χ0n) is 9.54. The second-order valence-electron chi connectivity index (χ2n) is 5.41. The van der Waals surface area contributed by atoms with Gasteiger partial charge in [0.25, 0.3) is 0 Å². The van der Waals surface area contributed by atoms with Gasteiger partial charge in [0.05, 0.1) is 11.7 Å². The summed E-state index contributed by atoms with van der Waals surface area (Å²) in [5.41, 5.74) is -1.19. The number of aliphatic hydroxyl groups is 3. The molecule has 4 nitrogen and oxygen atoms in total. The van der Waals surface area contributed by atoms with E-state index in [4.69, 9.17) is 0 Å². The molecule has 0 radical (unpaired) electrons. The normalized spacial score (nSPS) is 46.4. The smallest absolute Gasteiger partial charge is 0.123 e. The molecule has 0 aromatic carbocycles. The second-order valence-corrected chi connectivity index (χ2v) is 5.41. The molecule has 2 rings (SSSR count). The standard InChI is InChI=1S/C12H20O4/c1-7(14)11(15)12(16)9-2-3-10(12)5-8(4-9)6-13/h6-11,14-16H,2-5H2,1H3/t7-,8-,9-,10+,11+,12-/m1/s1. The molecule has 2 fully saturated rings. The van der Waals surface area contributed by atoms with E-state index in [2.05, 4.69) is 0 Å². The molecule has 0 amide bonds. The highest BCUT2D eigenvalue weighted by molar-refractivity contribution is 5.54. The van der Waals surface area contributed by atoms with Crippen LogP contribution in [0.4, 0.5) is 0 Å². The van der Waals surface area contributed by atoms with Crippen LogP contribution in [0.5, 0.6) is 0 Å². The Kier molecular flexibility index (Phi) is 3.07. The molecule has 0 spiro atoms. The lowest BCUT2D eigenvalue weighted by atomic mass is 9.67. The maximum atomic E-state index is 10.8. The van der Waals surface area contributed by atoms with Gasteiger partial charge in [-0.3, -0.25) is 0 Å². The molecule has 0 heterocycles. The summed E-state index contributed by atoms with van der Waals surface area (Å²) in [6, 6.07) is 0. The first-order valence-corrected chi connectivity index (χ1v) is 6.04. The molecular weight excluding hydrogens is 208 g/mol. The molecule has 2 saturated carbocycles. The lowest BCUT2D eigenvalue weighted by molar-refractivity contribution is -0.179. The van der Waals surface area contributed by atoms with Crippen LogP contribution in [0, 0.1) is 17.8 Å². The maximum Gasteiger partial charge on any atom is 0.123 e. The topological polar surface area (TPSA) is 77.8 Å². The van der Waals surface area contributed by atoms with Crippen LogP contribution in [-0.4, -0.2) is 39.4 Å². The van der Waals surface area contributed by atoms with Gasteiger partial charge in [-0.25, -0.2) is 0 Å². The monoisotopic (exact) mass is 228 g/mol. The minimum Gasteiger partial charge on any atom is -0.391 e. The molecule has 16 heavy (non-hydrogen) atoms. The number of aldehydes is 1. The number of fused-ring (bicyclic) bond motifs is 2. The van der Waals surface area contributed by atoms with Crippen LogP contribution in [0.2, 0.25) is 0 Å². The average Bonchev–Trinajstić information content (AvgIpc) is 2.48. The van der Waals surface area contributed by atoms with Gasteiger partial charge in [-0.2, -0.15) is 0 Å². The van der Waals surface area contributed by atoms with E-state index in [0.717, 1.165) is 19.1 Å². The first-order valence-electron chi connectivity index (χ1n) is 6.04.